The van der Waals surface area contributed by atoms with Gasteiger partial charge in [-0.3, -0.25) is 0 Å². The molecule has 0 radical (unpaired) electrons. The van der Waals surface area contributed by atoms with Gasteiger partial charge in [0, 0.05) is 22.7 Å². The zero-order chi connectivity index (χ0) is 18.3. The highest BCUT2D eigenvalue weighted by Gasteiger charge is 2.29. The van der Waals surface area contributed by atoms with Gasteiger partial charge in [-0.25, -0.2) is 4.98 Å². The molecule has 0 spiro atoms. The number of ether oxygens (including phenoxy) is 1. The Morgan fingerprint density at radius 1 is 1.04 bits per heavy atom. The third kappa shape index (κ3) is 3.31. The zero-order valence-electron chi connectivity index (χ0n) is 15.5. The maximum Gasteiger partial charge on any atom is 0.257 e. The summed E-state index contributed by atoms with van der Waals surface area (Å²) in [7, 11) is 0. The molecule has 134 valence electrons. The third-order valence-electron chi connectivity index (χ3n) is 4.76. The molecule has 1 aliphatic carbocycles. The van der Waals surface area contributed by atoms with Crippen LogP contribution in [-0.2, 0) is 0 Å². The number of hydrogen-bond acceptors (Lipinski definition) is 6. The Hall–Kier alpha value is -2.76. The van der Waals surface area contributed by atoms with Crippen molar-refractivity contribution in [1.29, 1.82) is 0 Å². The molecule has 2 aromatic heterocycles. The van der Waals surface area contributed by atoms with Crippen molar-refractivity contribution in [3.63, 3.8) is 0 Å². The number of benzene rings is 1. The Morgan fingerprint density at radius 3 is 2.46 bits per heavy atom. The van der Waals surface area contributed by atoms with E-state index >= 15 is 0 Å². The minimum Gasteiger partial charge on any atom is -0.469 e. The molecule has 1 aromatic carbocycles. The summed E-state index contributed by atoms with van der Waals surface area (Å²) in [5, 5.41) is 4.07. The Labute approximate surface area is 152 Å². The van der Waals surface area contributed by atoms with Gasteiger partial charge in [-0.15, -0.1) is 0 Å². The highest BCUT2D eigenvalue weighted by molar-refractivity contribution is 5.53. The van der Waals surface area contributed by atoms with Crippen molar-refractivity contribution < 1.29 is 9.26 Å². The van der Waals surface area contributed by atoms with Crippen molar-refractivity contribution in [2.75, 3.05) is 0 Å². The summed E-state index contributed by atoms with van der Waals surface area (Å²) >= 11 is 0. The summed E-state index contributed by atoms with van der Waals surface area (Å²) in [4.78, 5) is 13.3. The Bertz CT molecular complexity index is 929. The fourth-order valence-electron chi connectivity index (χ4n) is 2.84. The highest BCUT2D eigenvalue weighted by atomic mass is 16.5. The van der Waals surface area contributed by atoms with Crippen LogP contribution in [0.2, 0.25) is 0 Å². The summed E-state index contributed by atoms with van der Waals surface area (Å²) in [6, 6.07) is 8.03. The molecule has 0 bridgehead atoms. The minimum absolute atomic E-state index is 0.124. The standard InChI is InChI=1S/C20H22N4O2/c1-11-12(2)21-14(4)22-19(11)25-13(3)15-5-9-17(10-6-15)20-23-18(24-26-20)16-7-8-16/h5-6,9-10,13,16H,7-8H2,1-4H3/t13-/m0/s1. The van der Waals surface area contributed by atoms with Crippen molar-refractivity contribution in [1.82, 2.24) is 20.1 Å². The van der Waals surface area contributed by atoms with Crippen LogP contribution in [0.4, 0.5) is 0 Å². The molecule has 26 heavy (non-hydrogen) atoms. The van der Waals surface area contributed by atoms with Crippen LogP contribution in [0.15, 0.2) is 28.8 Å². The molecule has 1 saturated carbocycles. The molecule has 6 nitrogen and oxygen atoms in total. The molecule has 1 fully saturated rings. The summed E-state index contributed by atoms with van der Waals surface area (Å²) in [5.74, 6) is 3.24. The molecule has 3 aromatic rings. The van der Waals surface area contributed by atoms with Gasteiger partial charge in [-0.1, -0.05) is 17.3 Å². The predicted molar refractivity (Wildman–Crippen MR) is 97.0 cm³/mol. The summed E-state index contributed by atoms with van der Waals surface area (Å²) in [6.07, 6.45) is 2.20. The van der Waals surface area contributed by atoms with Crippen molar-refractivity contribution in [2.45, 2.75) is 52.6 Å². The Morgan fingerprint density at radius 2 is 1.77 bits per heavy atom. The summed E-state index contributed by atoms with van der Waals surface area (Å²) in [6.45, 7) is 7.84. The zero-order valence-corrected chi connectivity index (χ0v) is 15.5. The molecule has 0 aliphatic heterocycles. The quantitative estimate of drug-likeness (QED) is 0.676. The summed E-state index contributed by atoms with van der Waals surface area (Å²) < 4.78 is 11.5. The average Bonchev–Trinajstić information content (AvgIpc) is 3.36. The molecular formula is C20H22N4O2. The normalized spacial score (nSPS) is 15.1. The van der Waals surface area contributed by atoms with Gasteiger partial charge in [0.1, 0.15) is 11.9 Å². The van der Waals surface area contributed by atoms with E-state index in [1.807, 2.05) is 52.0 Å². The van der Waals surface area contributed by atoms with E-state index in [9.17, 15) is 0 Å². The van der Waals surface area contributed by atoms with Crippen LogP contribution in [0.3, 0.4) is 0 Å². The molecule has 1 aliphatic rings. The van der Waals surface area contributed by atoms with E-state index in [2.05, 4.69) is 20.1 Å². The lowest BCUT2D eigenvalue weighted by Crippen LogP contribution is -2.08. The largest absolute Gasteiger partial charge is 0.469 e. The van der Waals surface area contributed by atoms with Crippen molar-refractivity contribution in [2.24, 2.45) is 0 Å². The van der Waals surface area contributed by atoms with Gasteiger partial charge < -0.3 is 9.26 Å². The van der Waals surface area contributed by atoms with Gasteiger partial charge in [0.25, 0.3) is 5.89 Å². The first-order chi connectivity index (χ1) is 12.5. The molecule has 0 amide bonds. The van der Waals surface area contributed by atoms with Crippen molar-refractivity contribution in [3.05, 3.63) is 52.7 Å². The predicted octanol–water partition coefficient (Wildman–Crippen LogP) is 4.47. The second-order valence-corrected chi connectivity index (χ2v) is 6.90. The monoisotopic (exact) mass is 350 g/mol. The molecule has 0 unspecified atom stereocenters. The smallest absolute Gasteiger partial charge is 0.257 e. The summed E-state index contributed by atoms with van der Waals surface area (Å²) in [5.41, 5.74) is 3.89. The fraction of sp³-hybridized carbons (Fsp3) is 0.400. The third-order valence-corrected chi connectivity index (χ3v) is 4.76. The topological polar surface area (TPSA) is 73.9 Å². The molecule has 2 heterocycles. The van der Waals surface area contributed by atoms with E-state index < -0.39 is 0 Å². The lowest BCUT2D eigenvalue weighted by atomic mass is 10.1. The number of hydrogen-bond donors (Lipinski definition) is 0. The van der Waals surface area contributed by atoms with Crippen LogP contribution in [0.1, 0.15) is 60.3 Å². The lowest BCUT2D eigenvalue weighted by Gasteiger charge is -2.17. The van der Waals surface area contributed by atoms with Crippen LogP contribution in [0.5, 0.6) is 5.88 Å². The average molecular weight is 350 g/mol. The fourth-order valence-corrected chi connectivity index (χ4v) is 2.84. The van der Waals surface area contributed by atoms with Gasteiger partial charge in [-0.05, 0) is 58.2 Å². The molecule has 0 N–H and O–H groups in total. The van der Waals surface area contributed by atoms with Gasteiger partial charge in [0.2, 0.25) is 5.88 Å². The Kier molecular flexibility index (Phi) is 4.18. The van der Waals surface area contributed by atoms with E-state index in [-0.39, 0.29) is 6.10 Å². The van der Waals surface area contributed by atoms with Crippen LogP contribution in [0, 0.1) is 20.8 Å². The molecule has 0 saturated heterocycles. The molecule has 1 atom stereocenters. The van der Waals surface area contributed by atoms with E-state index in [4.69, 9.17) is 9.26 Å². The maximum atomic E-state index is 6.08. The van der Waals surface area contributed by atoms with Gasteiger partial charge >= 0.3 is 0 Å². The number of aryl methyl sites for hydroxylation is 2. The lowest BCUT2D eigenvalue weighted by molar-refractivity contribution is 0.214. The number of nitrogens with zero attached hydrogens (tertiary/aromatic N) is 4. The molecule has 6 heteroatoms. The number of aromatic nitrogens is 4. The van der Waals surface area contributed by atoms with Gasteiger partial charge in [0.15, 0.2) is 5.82 Å². The minimum atomic E-state index is -0.124. The van der Waals surface area contributed by atoms with Crippen LogP contribution in [0.25, 0.3) is 11.5 Å². The Balaban J connectivity index is 1.50. The first-order valence-corrected chi connectivity index (χ1v) is 8.93. The van der Waals surface area contributed by atoms with Crippen LogP contribution in [-0.4, -0.2) is 20.1 Å². The van der Waals surface area contributed by atoms with E-state index in [0.717, 1.165) is 41.1 Å². The van der Waals surface area contributed by atoms with E-state index in [0.29, 0.717) is 23.5 Å². The number of rotatable bonds is 5. The van der Waals surface area contributed by atoms with E-state index in [1.54, 1.807) is 0 Å². The van der Waals surface area contributed by atoms with Gasteiger partial charge in [0.05, 0.1) is 0 Å². The molecule has 4 rings (SSSR count). The van der Waals surface area contributed by atoms with E-state index in [1.165, 1.54) is 0 Å². The van der Waals surface area contributed by atoms with Crippen molar-refractivity contribution in [3.8, 4) is 17.3 Å². The van der Waals surface area contributed by atoms with Crippen molar-refractivity contribution >= 4 is 0 Å². The second kappa shape index (κ2) is 6.52. The maximum absolute atomic E-state index is 6.08. The SMILES string of the molecule is Cc1nc(C)c(C)c(O[C@@H](C)c2ccc(-c3nc(C4CC4)no3)cc2)n1. The van der Waals surface area contributed by atoms with Crippen LogP contribution < -0.4 is 4.74 Å². The van der Waals surface area contributed by atoms with Gasteiger partial charge in [-0.2, -0.15) is 9.97 Å². The first-order valence-electron chi connectivity index (χ1n) is 8.93. The highest BCUT2D eigenvalue weighted by Crippen LogP contribution is 2.39. The molecular weight excluding hydrogens is 328 g/mol. The van der Waals surface area contributed by atoms with Crippen LogP contribution >= 0.6 is 0 Å². The first kappa shape index (κ1) is 16.7. The second-order valence-electron chi connectivity index (χ2n) is 6.90.